The van der Waals surface area contributed by atoms with Crippen molar-refractivity contribution in [2.75, 3.05) is 13.6 Å². The Morgan fingerprint density at radius 2 is 1.81 bits per heavy atom. The average molecular weight is 687 g/mol. The molecule has 4 N–H and O–H groups in total. The molecule has 0 spiro atoms. The SMILES string of the molecule is CNC(=O)c1c[nH]c2ccc(-c3cccc4cc(-c5ccc(C(=O)NCC#Cc6ccc7occ(C8CCC(=O)NC8=O)c7c6)nc5)ncc34)cc12. The van der Waals surface area contributed by atoms with Gasteiger partial charge in [-0.25, -0.2) is 0 Å². The fourth-order valence-electron chi connectivity index (χ4n) is 6.62. The van der Waals surface area contributed by atoms with E-state index in [1.54, 1.807) is 37.8 Å². The number of aromatic amines is 1. The van der Waals surface area contributed by atoms with Gasteiger partial charge >= 0.3 is 0 Å². The van der Waals surface area contributed by atoms with Crippen molar-refractivity contribution in [2.24, 2.45) is 0 Å². The molecule has 0 aliphatic carbocycles. The van der Waals surface area contributed by atoms with E-state index in [2.05, 4.69) is 37.8 Å². The second-order valence-electron chi connectivity index (χ2n) is 12.5. The molecule has 1 aliphatic rings. The van der Waals surface area contributed by atoms with Gasteiger partial charge in [-0.1, -0.05) is 36.1 Å². The number of imide groups is 1. The molecule has 1 saturated heterocycles. The van der Waals surface area contributed by atoms with Gasteiger partial charge in [-0.15, -0.1) is 0 Å². The summed E-state index contributed by atoms with van der Waals surface area (Å²) in [7, 11) is 1.62. The van der Waals surface area contributed by atoms with E-state index in [4.69, 9.17) is 9.40 Å². The van der Waals surface area contributed by atoms with E-state index in [9.17, 15) is 19.2 Å². The first-order valence-electron chi connectivity index (χ1n) is 16.7. The van der Waals surface area contributed by atoms with Crippen molar-refractivity contribution in [1.82, 2.24) is 30.9 Å². The van der Waals surface area contributed by atoms with Crippen molar-refractivity contribution in [3.05, 3.63) is 120 Å². The van der Waals surface area contributed by atoms with E-state index >= 15 is 0 Å². The van der Waals surface area contributed by atoms with Crippen molar-refractivity contribution >= 4 is 56.3 Å². The van der Waals surface area contributed by atoms with Crippen molar-refractivity contribution in [2.45, 2.75) is 18.8 Å². The lowest BCUT2D eigenvalue weighted by molar-refractivity contribution is -0.134. The van der Waals surface area contributed by atoms with Gasteiger partial charge in [-0.3, -0.25) is 34.5 Å². The fourth-order valence-corrected chi connectivity index (χ4v) is 6.62. The Kier molecular flexibility index (Phi) is 8.25. The van der Waals surface area contributed by atoms with Crippen LogP contribution in [0.5, 0.6) is 0 Å². The summed E-state index contributed by atoms with van der Waals surface area (Å²) in [5.41, 5.74) is 7.21. The van der Waals surface area contributed by atoms with Gasteiger partial charge < -0.3 is 20.0 Å². The number of carbonyl (C=O) groups excluding carboxylic acids is 4. The molecule has 4 amide bonds. The minimum Gasteiger partial charge on any atom is -0.464 e. The van der Waals surface area contributed by atoms with Gasteiger partial charge in [0.05, 0.1) is 30.0 Å². The fraction of sp³-hybridized carbons (Fsp3) is 0.122. The van der Waals surface area contributed by atoms with Crippen LogP contribution in [0, 0.1) is 11.8 Å². The molecular formula is C41H30N6O5. The number of furan rings is 1. The van der Waals surface area contributed by atoms with Crippen molar-refractivity contribution in [1.29, 1.82) is 0 Å². The number of nitrogens with one attached hydrogen (secondary N) is 4. The zero-order valence-corrected chi connectivity index (χ0v) is 27.9. The van der Waals surface area contributed by atoms with Gasteiger partial charge in [0.15, 0.2) is 0 Å². The third-order valence-electron chi connectivity index (χ3n) is 9.31. The van der Waals surface area contributed by atoms with Gasteiger partial charge in [0.2, 0.25) is 11.8 Å². The first-order valence-corrected chi connectivity index (χ1v) is 16.7. The third kappa shape index (κ3) is 6.03. The molecule has 0 saturated carbocycles. The van der Waals surface area contributed by atoms with Crippen LogP contribution in [0.15, 0.2) is 102 Å². The highest BCUT2D eigenvalue weighted by Gasteiger charge is 2.30. The topological polar surface area (TPSA) is 159 Å². The van der Waals surface area contributed by atoms with Gasteiger partial charge in [0, 0.05) is 70.4 Å². The predicted molar refractivity (Wildman–Crippen MR) is 196 cm³/mol. The maximum absolute atomic E-state index is 12.8. The van der Waals surface area contributed by atoms with Gasteiger partial charge in [-0.2, -0.15) is 0 Å². The Morgan fingerprint density at radius 1 is 0.923 bits per heavy atom. The number of fused-ring (bicyclic) bond motifs is 3. The summed E-state index contributed by atoms with van der Waals surface area (Å²) in [6.07, 6.45) is 7.44. The van der Waals surface area contributed by atoms with Crippen LogP contribution in [0.2, 0.25) is 0 Å². The molecule has 11 nitrogen and oxygen atoms in total. The first kappa shape index (κ1) is 32.2. The molecule has 3 aromatic carbocycles. The minimum absolute atomic E-state index is 0.102. The Morgan fingerprint density at radius 3 is 2.63 bits per heavy atom. The number of benzene rings is 3. The van der Waals surface area contributed by atoms with Crippen LogP contribution in [0.25, 0.3) is 55.0 Å². The van der Waals surface area contributed by atoms with Crippen molar-refractivity contribution < 1.29 is 23.6 Å². The molecule has 1 unspecified atom stereocenters. The van der Waals surface area contributed by atoms with Crippen LogP contribution >= 0.6 is 0 Å². The number of amides is 4. The minimum atomic E-state index is -0.464. The molecule has 52 heavy (non-hydrogen) atoms. The number of piperidine rings is 1. The molecule has 0 bridgehead atoms. The Labute approximate surface area is 296 Å². The zero-order valence-electron chi connectivity index (χ0n) is 27.9. The van der Waals surface area contributed by atoms with E-state index in [0.717, 1.165) is 49.3 Å². The Balaban J connectivity index is 0.944. The van der Waals surface area contributed by atoms with Gasteiger partial charge in [0.1, 0.15) is 11.3 Å². The monoisotopic (exact) mass is 686 g/mol. The van der Waals surface area contributed by atoms with Crippen LogP contribution in [0.1, 0.15) is 50.7 Å². The quantitative estimate of drug-likeness (QED) is 0.126. The van der Waals surface area contributed by atoms with E-state index in [-0.39, 0.29) is 42.3 Å². The molecule has 0 radical (unpaired) electrons. The molecule has 1 aliphatic heterocycles. The molecular weight excluding hydrogens is 656 g/mol. The van der Waals surface area contributed by atoms with Crippen LogP contribution in [0.4, 0.5) is 0 Å². The summed E-state index contributed by atoms with van der Waals surface area (Å²) < 4.78 is 5.64. The van der Waals surface area contributed by atoms with E-state index < -0.39 is 5.92 Å². The summed E-state index contributed by atoms with van der Waals surface area (Å²) >= 11 is 0. The molecule has 1 atom stereocenters. The normalized spacial score (nSPS) is 14.2. The van der Waals surface area contributed by atoms with Crippen molar-refractivity contribution in [3.8, 4) is 34.2 Å². The highest BCUT2D eigenvalue weighted by molar-refractivity contribution is 6.08. The number of hydrogen-bond donors (Lipinski definition) is 4. The Bertz CT molecular complexity index is 2640. The lowest BCUT2D eigenvalue weighted by atomic mass is 9.90. The molecule has 5 heterocycles. The maximum Gasteiger partial charge on any atom is 0.270 e. The molecule has 7 aromatic rings. The number of hydrogen-bond acceptors (Lipinski definition) is 7. The Hall–Kier alpha value is -7.06. The van der Waals surface area contributed by atoms with Gasteiger partial charge in [-0.05, 0) is 71.5 Å². The summed E-state index contributed by atoms with van der Waals surface area (Å²) in [4.78, 5) is 61.5. The second-order valence-corrected chi connectivity index (χ2v) is 12.5. The molecule has 11 heteroatoms. The average Bonchev–Trinajstić information content (AvgIpc) is 3.80. The molecule has 8 rings (SSSR count). The zero-order chi connectivity index (χ0) is 35.8. The number of H-pyrrole nitrogens is 1. The summed E-state index contributed by atoms with van der Waals surface area (Å²) in [6, 6.07) is 23.0. The van der Waals surface area contributed by atoms with Crippen molar-refractivity contribution in [3.63, 3.8) is 0 Å². The highest BCUT2D eigenvalue weighted by Crippen LogP contribution is 2.34. The van der Waals surface area contributed by atoms with Crippen LogP contribution in [-0.4, -0.2) is 52.2 Å². The van der Waals surface area contributed by atoms with Crippen LogP contribution in [0.3, 0.4) is 0 Å². The smallest absolute Gasteiger partial charge is 0.270 e. The van der Waals surface area contributed by atoms with Gasteiger partial charge in [0.25, 0.3) is 11.8 Å². The van der Waals surface area contributed by atoms with E-state index in [0.29, 0.717) is 28.8 Å². The van der Waals surface area contributed by atoms with E-state index in [1.807, 2.05) is 66.9 Å². The number of pyridine rings is 2. The summed E-state index contributed by atoms with van der Waals surface area (Å²) in [5, 5.41) is 11.4. The van der Waals surface area contributed by atoms with Crippen LogP contribution in [-0.2, 0) is 9.59 Å². The molecule has 1 fully saturated rings. The number of aromatic nitrogens is 3. The largest absolute Gasteiger partial charge is 0.464 e. The number of carbonyl (C=O) groups is 4. The summed E-state index contributed by atoms with van der Waals surface area (Å²) in [5.74, 6) is 4.44. The van der Waals surface area contributed by atoms with Crippen LogP contribution < -0.4 is 16.0 Å². The lowest BCUT2D eigenvalue weighted by Crippen LogP contribution is -2.39. The maximum atomic E-state index is 12.8. The lowest BCUT2D eigenvalue weighted by Gasteiger charge is -2.19. The standard InChI is InChI=1S/C41H30N6O5/c1-42-39(49)32-21-45-34-11-8-25(17-29(32)34)27-6-2-5-24-18-36(46-20-31(24)27)26-9-12-35(44-19-26)41(51)43-15-3-4-23-7-13-37-30(16-23)33(22-52-37)28-10-14-38(48)47-40(28)50/h2,5-9,11-13,16-22,28,45H,10,14-15H2,1H3,(H,42,49)(H,43,51)(H,47,48,50). The highest BCUT2D eigenvalue weighted by atomic mass is 16.3. The second kappa shape index (κ2) is 13.3. The molecule has 4 aromatic heterocycles. The molecule has 254 valence electrons. The third-order valence-corrected chi connectivity index (χ3v) is 9.31. The first-order chi connectivity index (χ1) is 25.4. The summed E-state index contributed by atoms with van der Waals surface area (Å²) in [6.45, 7) is 0.102. The number of nitrogens with zero attached hydrogens (tertiary/aromatic N) is 2. The predicted octanol–water partition coefficient (Wildman–Crippen LogP) is 5.85. The number of rotatable bonds is 6. The van der Waals surface area contributed by atoms with E-state index in [1.165, 1.54) is 0 Å².